The van der Waals surface area contributed by atoms with Crippen LogP contribution in [0.1, 0.15) is 24.8 Å². The summed E-state index contributed by atoms with van der Waals surface area (Å²) < 4.78 is 92.2. The number of aliphatic carboxylic acids is 1. The monoisotopic (exact) mass is 1030 g/mol. The summed E-state index contributed by atoms with van der Waals surface area (Å²) in [5.41, 5.74) is 6.14. The first kappa shape index (κ1) is 66.0. The second-order valence-electron chi connectivity index (χ2n) is 14.9. The van der Waals surface area contributed by atoms with Crippen LogP contribution in [0.4, 0.5) is 0 Å². The lowest BCUT2D eigenvalue weighted by molar-refractivity contribution is -0.139. The molecule has 0 saturated carbocycles. The van der Waals surface area contributed by atoms with Crippen molar-refractivity contribution in [2.45, 2.75) is 31.7 Å². The topological polar surface area (TPSA) is 266 Å². The standard InChI is InChI=1S/C48H86N2O21/c1-55-13-14-59-21-22-63-27-28-65-31-32-67-35-36-69-39-40-70-38-37-68-34-33-66-30-29-64-26-23-60-18-15-56-10-2-3-46(51)45(41-43-4-6-44(7-5-43)71-42-48(53)54)50-47(52)8-11-57-16-19-61-24-25-62-20-17-58-12-9-49/h4-7,45H,2-3,8-42,49H2,1H3,(H,50,52)(H,53,54)/t45-/m0/s1. The average Bonchev–Trinajstić information content (AvgIpc) is 3.37. The van der Waals surface area contributed by atoms with Crippen molar-refractivity contribution < 1.29 is 100 Å². The van der Waals surface area contributed by atoms with Gasteiger partial charge in [-0.25, -0.2) is 4.79 Å². The average molecular weight is 1030 g/mol. The molecule has 71 heavy (non-hydrogen) atoms. The van der Waals surface area contributed by atoms with Crippen LogP contribution in [0.2, 0.25) is 0 Å². The number of ketones is 1. The molecule has 0 heterocycles. The predicted molar refractivity (Wildman–Crippen MR) is 257 cm³/mol. The van der Waals surface area contributed by atoms with E-state index in [2.05, 4.69) is 5.32 Å². The molecular formula is C48H86N2O21. The largest absolute Gasteiger partial charge is 0.482 e. The molecule has 0 aliphatic heterocycles. The van der Waals surface area contributed by atoms with Crippen LogP contribution >= 0.6 is 0 Å². The first-order valence-electron chi connectivity index (χ1n) is 24.6. The van der Waals surface area contributed by atoms with Crippen molar-refractivity contribution in [1.29, 1.82) is 0 Å². The summed E-state index contributed by atoms with van der Waals surface area (Å²) in [4.78, 5) is 37.0. The molecule has 0 aliphatic rings. The number of benzene rings is 1. The molecule has 0 aromatic heterocycles. The van der Waals surface area contributed by atoms with Crippen molar-refractivity contribution in [3.8, 4) is 5.75 Å². The van der Waals surface area contributed by atoms with Gasteiger partial charge in [-0.1, -0.05) is 12.1 Å². The second-order valence-corrected chi connectivity index (χ2v) is 14.9. The number of carbonyl (C=O) groups excluding carboxylic acids is 2. The van der Waals surface area contributed by atoms with Crippen molar-refractivity contribution in [3.63, 3.8) is 0 Å². The van der Waals surface area contributed by atoms with Gasteiger partial charge in [-0.2, -0.15) is 0 Å². The number of carboxylic acids is 1. The van der Waals surface area contributed by atoms with Crippen LogP contribution in [0.3, 0.4) is 0 Å². The van der Waals surface area contributed by atoms with Crippen LogP contribution in [-0.2, 0) is 96.6 Å². The maximum atomic E-state index is 13.3. The Morgan fingerprint density at radius 1 is 0.451 bits per heavy atom. The normalized spacial score (nSPS) is 11.9. The fraction of sp³-hybridized carbons (Fsp3) is 0.812. The molecule has 1 aromatic rings. The highest BCUT2D eigenvalue weighted by Gasteiger charge is 2.21. The Kier molecular flexibility index (Phi) is 49.5. The van der Waals surface area contributed by atoms with Gasteiger partial charge in [0.2, 0.25) is 5.91 Å². The van der Waals surface area contributed by atoms with Crippen molar-refractivity contribution in [2.75, 3.05) is 225 Å². The minimum Gasteiger partial charge on any atom is -0.482 e. The van der Waals surface area contributed by atoms with Gasteiger partial charge >= 0.3 is 5.97 Å². The van der Waals surface area contributed by atoms with Crippen LogP contribution in [0.15, 0.2) is 24.3 Å². The van der Waals surface area contributed by atoms with Gasteiger partial charge in [-0.15, -0.1) is 0 Å². The van der Waals surface area contributed by atoms with Gasteiger partial charge in [0.25, 0.3) is 0 Å². The van der Waals surface area contributed by atoms with E-state index < -0.39 is 18.6 Å². The number of carboxylic acid groups (broad SMARTS) is 1. The number of Topliss-reactive ketones (excluding diaryl/α,β-unsaturated/α-hetero) is 1. The first-order chi connectivity index (χ1) is 35.0. The summed E-state index contributed by atoms with van der Waals surface area (Å²) in [6.07, 6.45) is 0.962. The van der Waals surface area contributed by atoms with Gasteiger partial charge in [0.05, 0.1) is 204 Å². The number of hydrogen-bond donors (Lipinski definition) is 3. The third-order valence-electron chi connectivity index (χ3n) is 9.16. The molecule has 414 valence electrons. The summed E-state index contributed by atoms with van der Waals surface area (Å²) in [7, 11) is 1.64. The van der Waals surface area contributed by atoms with Crippen molar-refractivity contribution in [1.82, 2.24) is 5.32 Å². The molecule has 0 aliphatic carbocycles. The van der Waals surface area contributed by atoms with E-state index in [-0.39, 0.29) is 37.6 Å². The molecule has 1 atom stereocenters. The van der Waals surface area contributed by atoms with Crippen LogP contribution in [0, 0.1) is 0 Å². The molecule has 4 N–H and O–H groups in total. The Labute approximate surface area is 420 Å². The number of ether oxygens (including phenoxy) is 17. The minimum atomic E-state index is -1.09. The van der Waals surface area contributed by atoms with Gasteiger partial charge in [-0.3, -0.25) is 9.59 Å². The number of carbonyl (C=O) groups is 3. The summed E-state index contributed by atoms with van der Waals surface area (Å²) >= 11 is 0. The Bertz CT molecular complexity index is 1320. The molecule has 1 rings (SSSR count). The molecule has 0 fully saturated rings. The number of amides is 1. The fourth-order valence-electron chi connectivity index (χ4n) is 5.59. The van der Waals surface area contributed by atoms with Crippen molar-refractivity contribution in [2.24, 2.45) is 5.73 Å². The lowest BCUT2D eigenvalue weighted by Crippen LogP contribution is -2.42. The van der Waals surface area contributed by atoms with E-state index in [1.807, 2.05) is 0 Å². The smallest absolute Gasteiger partial charge is 0.341 e. The van der Waals surface area contributed by atoms with Crippen LogP contribution < -0.4 is 15.8 Å². The molecule has 23 nitrogen and oxygen atoms in total. The summed E-state index contributed by atoms with van der Waals surface area (Å²) in [5, 5.41) is 11.7. The Hall–Kier alpha value is -3.05. The SMILES string of the molecule is COCCOCCOCCOCCOCCOCCOCCOCCOCCOCCOCCOCCCC(=O)[C@H](Cc1ccc(OCC(=O)O)cc1)NC(=O)CCOCCOCCOCCOCCN. The van der Waals surface area contributed by atoms with Crippen LogP contribution in [-0.4, -0.2) is 254 Å². The number of hydrogen-bond acceptors (Lipinski definition) is 21. The third-order valence-corrected chi connectivity index (χ3v) is 9.16. The highest BCUT2D eigenvalue weighted by atomic mass is 16.6. The van der Waals surface area contributed by atoms with Gasteiger partial charge < -0.3 is 96.7 Å². The van der Waals surface area contributed by atoms with E-state index in [1.165, 1.54) is 0 Å². The first-order valence-corrected chi connectivity index (χ1v) is 24.6. The quantitative estimate of drug-likeness (QED) is 0.0761. The molecular weight excluding hydrogens is 941 g/mol. The van der Waals surface area contributed by atoms with E-state index in [0.717, 1.165) is 5.56 Å². The maximum Gasteiger partial charge on any atom is 0.341 e. The molecule has 0 radical (unpaired) electrons. The molecule has 0 spiro atoms. The Morgan fingerprint density at radius 3 is 1.11 bits per heavy atom. The van der Waals surface area contributed by atoms with Gasteiger partial charge in [0, 0.05) is 33.1 Å². The number of nitrogens with two attached hydrogens (primary N) is 1. The number of methoxy groups -OCH3 is 1. The zero-order valence-electron chi connectivity index (χ0n) is 42.2. The molecule has 0 bridgehead atoms. The fourth-order valence-corrected chi connectivity index (χ4v) is 5.59. The Morgan fingerprint density at radius 2 is 0.775 bits per heavy atom. The van der Waals surface area contributed by atoms with Gasteiger partial charge in [-0.05, 0) is 30.5 Å². The maximum absolute atomic E-state index is 13.3. The Balaban J connectivity index is 2.01. The van der Waals surface area contributed by atoms with E-state index >= 15 is 0 Å². The molecule has 1 aromatic carbocycles. The van der Waals surface area contributed by atoms with Crippen molar-refractivity contribution in [3.05, 3.63) is 29.8 Å². The lowest BCUT2D eigenvalue weighted by atomic mass is 9.99. The lowest BCUT2D eigenvalue weighted by Gasteiger charge is -2.18. The zero-order chi connectivity index (χ0) is 51.2. The van der Waals surface area contributed by atoms with E-state index in [4.69, 9.17) is 91.4 Å². The molecule has 1 amide bonds. The molecule has 23 heteroatoms. The van der Waals surface area contributed by atoms with E-state index in [0.29, 0.717) is 217 Å². The second kappa shape index (κ2) is 53.2. The number of nitrogens with one attached hydrogen (secondary N) is 1. The third kappa shape index (κ3) is 47.7. The summed E-state index contributed by atoms with van der Waals surface area (Å²) in [6, 6.07) is 5.93. The van der Waals surface area contributed by atoms with E-state index in [9.17, 15) is 14.4 Å². The molecule has 0 saturated heterocycles. The number of rotatable bonds is 58. The molecule has 0 unspecified atom stereocenters. The summed E-state index contributed by atoms with van der Waals surface area (Å²) in [5.74, 6) is -1.17. The minimum absolute atomic E-state index is 0.0639. The van der Waals surface area contributed by atoms with Crippen LogP contribution in [0.25, 0.3) is 0 Å². The van der Waals surface area contributed by atoms with Gasteiger partial charge in [0.15, 0.2) is 12.4 Å². The van der Waals surface area contributed by atoms with E-state index in [1.54, 1.807) is 31.4 Å². The van der Waals surface area contributed by atoms with Crippen molar-refractivity contribution >= 4 is 17.7 Å². The van der Waals surface area contributed by atoms with Gasteiger partial charge in [0.1, 0.15) is 5.75 Å². The summed E-state index contributed by atoms with van der Waals surface area (Å²) in [6.45, 7) is 13.8. The van der Waals surface area contributed by atoms with Crippen LogP contribution in [0.5, 0.6) is 5.75 Å². The highest BCUT2D eigenvalue weighted by Crippen LogP contribution is 2.15. The predicted octanol–water partition coefficient (Wildman–Crippen LogP) is 0.771. The highest BCUT2D eigenvalue weighted by molar-refractivity contribution is 5.89. The zero-order valence-corrected chi connectivity index (χ0v) is 42.2.